The second kappa shape index (κ2) is 7.25. The Morgan fingerprint density at radius 1 is 1.12 bits per heavy atom. The summed E-state index contributed by atoms with van der Waals surface area (Å²) in [5, 5.41) is 3.26. The Kier molecular flexibility index (Phi) is 5.90. The fourth-order valence-corrected chi connectivity index (χ4v) is 1.65. The molecule has 0 saturated heterocycles. The van der Waals surface area contributed by atoms with Gasteiger partial charge in [-0.1, -0.05) is 26.0 Å². The van der Waals surface area contributed by atoms with Gasteiger partial charge in [0.05, 0.1) is 0 Å². The molecule has 0 aromatic heterocycles. The van der Waals surface area contributed by atoms with E-state index in [9.17, 15) is 0 Å². The standard InChI is InChI=1S/C13H23N3/c1-3-16(4-2)11-12-5-7-13(8-6-12)15-10-9-14/h5-8,15H,3-4,9-11,14H2,1-2H3. The lowest BCUT2D eigenvalue weighted by Gasteiger charge is -2.18. The molecule has 0 heterocycles. The average molecular weight is 221 g/mol. The first-order valence-corrected chi connectivity index (χ1v) is 6.05. The molecule has 0 unspecified atom stereocenters. The number of anilines is 1. The number of nitrogens with two attached hydrogens (primary N) is 1. The maximum atomic E-state index is 5.44. The number of hydrogen-bond acceptors (Lipinski definition) is 3. The fraction of sp³-hybridized carbons (Fsp3) is 0.538. The van der Waals surface area contributed by atoms with Crippen LogP contribution in [0.15, 0.2) is 24.3 Å². The van der Waals surface area contributed by atoms with Gasteiger partial charge < -0.3 is 11.1 Å². The summed E-state index contributed by atoms with van der Waals surface area (Å²) in [4.78, 5) is 2.41. The van der Waals surface area contributed by atoms with Gasteiger partial charge in [0, 0.05) is 25.3 Å². The summed E-state index contributed by atoms with van der Waals surface area (Å²) in [6, 6.07) is 8.59. The molecular formula is C13H23N3. The molecular weight excluding hydrogens is 198 g/mol. The summed E-state index contributed by atoms with van der Waals surface area (Å²) in [6.07, 6.45) is 0. The molecule has 0 aliphatic rings. The Bertz CT molecular complexity index is 278. The van der Waals surface area contributed by atoms with E-state index in [2.05, 4.69) is 48.3 Å². The molecule has 3 heteroatoms. The number of hydrogen-bond donors (Lipinski definition) is 2. The number of nitrogens with zero attached hydrogens (tertiary/aromatic N) is 1. The van der Waals surface area contributed by atoms with E-state index in [0.717, 1.165) is 31.9 Å². The first-order valence-electron chi connectivity index (χ1n) is 6.05. The van der Waals surface area contributed by atoms with E-state index in [1.165, 1.54) is 5.56 Å². The van der Waals surface area contributed by atoms with E-state index in [-0.39, 0.29) is 0 Å². The van der Waals surface area contributed by atoms with Crippen molar-refractivity contribution in [1.82, 2.24) is 4.90 Å². The zero-order valence-corrected chi connectivity index (χ0v) is 10.4. The van der Waals surface area contributed by atoms with Crippen molar-refractivity contribution in [2.75, 3.05) is 31.5 Å². The quantitative estimate of drug-likeness (QED) is 0.739. The minimum absolute atomic E-state index is 0.668. The van der Waals surface area contributed by atoms with Crippen molar-refractivity contribution in [2.24, 2.45) is 5.73 Å². The van der Waals surface area contributed by atoms with Crippen molar-refractivity contribution in [3.05, 3.63) is 29.8 Å². The molecule has 0 atom stereocenters. The summed E-state index contributed by atoms with van der Waals surface area (Å²) in [7, 11) is 0. The van der Waals surface area contributed by atoms with E-state index in [1.807, 2.05) is 0 Å². The van der Waals surface area contributed by atoms with Crippen LogP contribution in [-0.4, -0.2) is 31.1 Å². The molecule has 0 spiro atoms. The summed E-state index contributed by atoms with van der Waals surface area (Å²) < 4.78 is 0. The van der Waals surface area contributed by atoms with Gasteiger partial charge in [0.15, 0.2) is 0 Å². The van der Waals surface area contributed by atoms with Crippen molar-refractivity contribution in [1.29, 1.82) is 0 Å². The highest BCUT2D eigenvalue weighted by molar-refractivity contribution is 5.44. The SMILES string of the molecule is CCN(CC)Cc1ccc(NCCN)cc1. The molecule has 1 rings (SSSR count). The molecule has 0 aliphatic heterocycles. The largest absolute Gasteiger partial charge is 0.384 e. The summed E-state index contributed by atoms with van der Waals surface area (Å²) in [5.74, 6) is 0. The number of benzene rings is 1. The third-order valence-electron chi connectivity index (χ3n) is 2.73. The van der Waals surface area contributed by atoms with E-state index in [4.69, 9.17) is 5.73 Å². The van der Waals surface area contributed by atoms with Crippen LogP contribution < -0.4 is 11.1 Å². The lowest BCUT2D eigenvalue weighted by atomic mass is 10.2. The lowest BCUT2D eigenvalue weighted by molar-refractivity contribution is 0.296. The third kappa shape index (κ3) is 4.21. The second-order valence-corrected chi connectivity index (χ2v) is 3.87. The van der Waals surface area contributed by atoms with E-state index < -0.39 is 0 Å². The van der Waals surface area contributed by atoms with Gasteiger partial charge in [-0.2, -0.15) is 0 Å². The van der Waals surface area contributed by atoms with E-state index in [1.54, 1.807) is 0 Å². The fourth-order valence-electron chi connectivity index (χ4n) is 1.65. The molecule has 0 saturated carbocycles. The van der Waals surface area contributed by atoms with Gasteiger partial charge in [0.1, 0.15) is 0 Å². The van der Waals surface area contributed by atoms with Gasteiger partial charge in [0.2, 0.25) is 0 Å². The molecule has 90 valence electrons. The molecule has 0 fully saturated rings. The smallest absolute Gasteiger partial charge is 0.0340 e. The topological polar surface area (TPSA) is 41.3 Å². The lowest BCUT2D eigenvalue weighted by Crippen LogP contribution is -2.22. The highest BCUT2D eigenvalue weighted by atomic mass is 15.1. The van der Waals surface area contributed by atoms with Crippen LogP contribution in [0.3, 0.4) is 0 Å². The molecule has 1 aromatic carbocycles. The van der Waals surface area contributed by atoms with Crippen molar-refractivity contribution in [3.63, 3.8) is 0 Å². The van der Waals surface area contributed by atoms with E-state index >= 15 is 0 Å². The Morgan fingerprint density at radius 3 is 2.25 bits per heavy atom. The second-order valence-electron chi connectivity index (χ2n) is 3.87. The highest BCUT2D eigenvalue weighted by Crippen LogP contribution is 2.10. The maximum absolute atomic E-state index is 5.44. The molecule has 3 N–H and O–H groups in total. The zero-order chi connectivity index (χ0) is 11.8. The van der Waals surface area contributed by atoms with Crippen LogP contribution in [0, 0.1) is 0 Å². The minimum atomic E-state index is 0.668. The average Bonchev–Trinajstić information content (AvgIpc) is 2.35. The summed E-state index contributed by atoms with van der Waals surface area (Å²) >= 11 is 0. The molecule has 0 aliphatic carbocycles. The highest BCUT2D eigenvalue weighted by Gasteiger charge is 2.00. The Hall–Kier alpha value is -1.06. The van der Waals surface area contributed by atoms with Crippen LogP contribution in [0.1, 0.15) is 19.4 Å². The van der Waals surface area contributed by atoms with Gasteiger partial charge in [-0.3, -0.25) is 4.90 Å². The molecule has 16 heavy (non-hydrogen) atoms. The molecule has 0 amide bonds. The van der Waals surface area contributed by atoms with Crippen LogP contribution in [0.5, 0.6) is 0 Å². The van der Waals surface area contributed by atoms with Gasteiger partial charge in [-0.15, -0.1) is 0 Å². The maximum Gasteiger partial charge on any atom is 0.0340 e. The van der Waals surface area contributed by atoms with Gasteiger partial charge in [0.25, 0.3) is 0 Å². The summed E-state index contributed by atoms with van der Waals surface area (Å²) in [5.41, 5.74) is 7.95. The molecule has 0 radical (unpaired) electrons. The van der Waals surface area contributed by atoms with Crippen LogP contribution in [0.4, 0.5) is 5.69 Å². The van der Waals surface area contributed by atoms with Crippen molar-refractivity contribution >= 4 is 5.69 Å². The predicted octanol–water partition coefficient (Wildman–Crippen LogP) is 1.90. The minimum Gasteiger partial charge on any atom is -0.384 e. The predicted molar refractivity (Wildman–Crippen MR) is 70.6 cm³/mol. The molecule has 0 bridgehead atoms. The van der Waals surface area contributed by atoms with E-state index in [0.29, 0.717) is 6.54 Å². The van der Waals surface area contributed by atoms with Crippen LogP contribution in [-0.2, 0) is 6.54 Å². The van der Waals surface area contributed by atoms with Gasteiger partial charge >= 0.3 is 0 Å². The molecule has 3 nitrogen and oxygen atoms in total. The summed E-state index contributed by atoms with van der Waals surface area (Å²) in [6.45, 7) is 9.12. The van der Waals surface area contributed by atoms with Crippen molar-refractivity contribution in [3.8, 4) is 0 Å². The molecule has 1 aromatic rings. The zero-order valence-electron chi connectivity index (χ0n) is 10.4. The van der Waals surface area contributed by atoms with Crippen LogP contribution >= 0.6 is 0 Å². The Balaban J connectivity index is 2.50. The van der Waals surface area contributed by atoms with Crippen LogP contribution in [0.2, 0.25) is 0 Å². The van der Waals surface area contributed by atoms with Gasteiger partial charge in [-0.05, 0) is 30.8 Å². The number of rotatable bonds is 7. The third-order valence-corrected chi connectivity index (χ3v) is 2.73. The Morgan fingerprint density at radius 2 is 1.75 bits per heavy atom. The normalized spacial score (nSPS) is 10.8. The van der Waals surface area contributed by atoms with Gasteiger partial charge in [-0.25, -0.2) is 0 Å². The van der Waals surface area contributed by atoms with Crippen molar-refractivity contribution in [2.45, 2.75) is 20.4 Å². The first kappa shape index (κ1) is 13.0. The number of nitrogens with one attached hydrogen (secondary N) is 1. The van der Waals surface area contributed by atoms with Crippen LogP contribution in [0.25, 0.3) is 0 Å². The first-order chi connectivity index (χ1) is 7.80. The monoisotopic (exact) mass is 221 g/mol. The Labute approximate surface area is 98.6 Å². The van der Waals surface area contributed by atoms with Crippen molar-refractivity contribution < 1.29 is 0 Å².